The summed E-state index contributed by atoms with van der Waals surface area (Å²) in [5.41, 5.74) is 13.8. The molecule has 2 atom stereocenters. The average molecular weight is 848 g/mol. The standard InChI is InChI=1S/C61H45N5/c1-3-15-38(16-4-1)40-27-29-55(65-51-23-11-7-19-45(51)46-20-8-12-24-52(46)65)49(31-40)57-62-58(64-59(63-57)60-35-43-33-42-34-44(36-60)61(42,43)37-60)50-32-41(39-17-5-2-6-18-39)28-30-56(50)66-53-25-13-9-21-47(53)48-22-10-14-26-54(48)66/h1-32,42-44H,33-37H2. The minimum Gasteiger partial charge on any atom is -0.309 e. The summed E-state index contributed by atoms with van der Waals surface area (Å²) < 4.78 is 4.87. The van der Waals surface area contributed by atoms with Gasteiger partial charge in [0.2, 0.25) is 0 Å². The Kier molecular flexibility index (Phi) is 7.48. The van der Waals surface area contributed by atoms with Crippen molar-refractivity contribution in [1.29, 1.82) is 0 Å². The highest BCUT2D eigenvalue weighted by molar-refractivity contribution is 6.11. The Hall–Kier alpha value is -7.63. The van der Waals surface area contributed by atoms with Gasteiger partial charge in [0, 0.05) is 38.1 Å². The fourth-order valence-corrected chi connectivity index (χ4v) is 14.0. The van der Waals surface area contributed by atoms with E-state index in [1.54, 1.807) is 0 Å². The van der Waals surface area contributed by atoms with E-state index in [4.69, 9.17) is 15.0 Å². The molecule has 3 heterocycles. The summed E-state index contributed by atoms with van der Waals surface area (Å²) in [7, 11) is 0. The average Bonchev–Trinajstić information content (AvgIpc) is 4.10. The second-order valence-electron chi connectivity index (χ2n) is 19.8. The van der Waals surface area contributed by atoms with E-state index in [0.717, 1.165) is 102 Å². The molecule has 4 fully saturated rings. The van der Waals surface area contributed by atoms with Crippen LogP contribution < -0.4 is 0 Å². The molecule has 5 heteroatoms. The lowest BCUT2D eigenvalue weighted by atomic mass is 9.38. The summed E-state index contributed by atoms with van der Waals surface area (Å²) in [6.07, 6.45) is 6.30. The Balaban J connectivity index is 1.04. The molecule has 4 saturated carbocycles. The van der Waals surface area contributed by atoms with Crippen LogP contribution in [0.3, 0.4) is 0 Å². The molecule has 4 aliphatic carbocycles. The highest BCUT2D eigenvalue weighted by Crippen LogP contribution is 2.84. The van der Waals surface area contributed by atoms with Gasteiger partial charge < -0.3 is 9.13 Å². The molecule has 1 spiro atoms. The summed E-state index contributed by atoms with van der Waals surface area (Å²) in [6.45, 7) is 0. The monoisotopic (exact) mass is 847 g/mol. The van der Waals surface area contributed by atoms with Crippen molar-refractivity contribution >= 4 is 43.6 Å². The molecule has 3 aromatic heterocycles. The van der Waals surface area contributed by atoms with Crippen LogP contribution in [0.5, 0.6) is 0 Å². The predicted octanol–water partition coefficient (Wildman–Crippen LogP) is 14.8. The fourth-order valence-electron chi connectivity index (χ4n) is 14.0. The zero-order chi connectivity index (χ0) is 43.1. The Labute approximate surface area is 383 Å². The van der Waals surface area contributed by atoms with E-state index >= 15 is 0 Å². The molecule has 0 saturated heterocycles. The highest BCUT2D eigenvalue weighted by Gasteiger charge is 2.78. The number of nitrogens with zero attached hydrogens (tertiary/aromatic N) is 5. The molecular weight excluding hydrogens is 803 g/mol. The van der Waals surface area contributed by atoms with Crippen LogP contribution in [0.2, 0.25) is 0 Å². The van der Waals surface area contributed by atoms with Crippen LogP contribution in [0, 0.1) is 23.2 Å². The quantitative estimate of drug-likeness (QED) is 0.161. The van der Waals surface area contributed by atoms with E-state index < -0.39 is 0 Å². The minimum absolute atomic E-state index is 0.0683. The Morgan fingerprint density at radius 2 is 0.773 bits per heavy atom. The third-order valence-electron chi connectivity index (χ3n) is 16.8. The molecule has 0 aliphatic heterocycles. The zero-order valence-electron chi connectivity index (χ0n) is 36.5. The lowest BCUT2D eigenvalue weighted by molar-refractivity contribution is -0.175. The van der Waals surface area contributed by atoms with Crippen molar-refractivity contribution in [2.45, 2.75) is 37.5 Å². The van der Waals surface area contributed by atoms with Gasteiger partial charge in [-0.3, -0.25) is 0 Å². The van der Waals surface area contributed by atoms with Crippen molar-refractivity contribution in [3.63, 3.8) is 0 Å². The van der Waals surface area contributed by atoms with Gasteiger partial charge in [-0.15, -0.1) is 0 Å². The first-order valence-electron chi connectivity index (χ1n) is 23.8. The lowest BCUT2D eigenvalue weighted by Crippen LogP contribution is -2.59. The molecule has 2 bridgehead atoms. The maximum Gasteiger partial charge on any atom is 0.165 e. The van der Waals surface area contributed by atoms with Crippen LogP contribution >= 0.6 is 0 Å². The van der Waals surface area contributed by atoms with Crippen molar-refractivity contribution < 1.29 is 0 Å². The van der Waals surface area contributed by atoms with Gasteiger partial charge in [0.05, 0.1) is 33.4 Å². The summed E-state index contributed by atoms with van der Waals surface area (Å²) in [5, 5.41) is 4.92. The molecule has 66 heavy (non-hydrogen) atoms. The molecule has 5 nitrogen and oxygen atoms in total. The van der Waals surface area contributed by atoms with Crippen LogP contribution in [-0.4, -0.2) is 24.1 Å². The number of para-hydroxylation sites is 4. The van der Waals surface area contributed by atoms with E-state index in [0.29, 0.717) is 5.41 Å². The first-order chi connectivity index (χ1) is 32.6. The zero-order valence-corrected chi connectivity index (χ0v) is 36.5. The van der Waals surface area contributed by atoms with Gasteiger partial charge in [-0.25, -0.2) is 15.0 Å². The lowest BCUT2D eigenvalue weighted by Gasteiger charge is -2.66. The first kappa shape index (κ1) is 36.7. The van der Waals surface area contributed by atoms with Crippen LogP contribution in [0.15, 0.2) is 194 Å². The van der Waals surface area contributed by atoms with Crippen molar-refractivity contribution in [2.75, 3.05) is 0 Å². The number of benzene rings is 8. The summed E-state index contributed by atoms with van der Waals surface area (Å²) >= 11 is 0. The van der Waals surface area contributed by atoms with Crippen LogP contribution in [0.1, 0.15) is 37.9 Å². The first-order valence-corrected chi connectivity index (χ1v) is 23.8. The van der Waals surface area contributed by atoms with Gasteiger partial charge in [0.15, 0.2) is 11.6 Å². The number of aromatic nitrogens is 5. The number of rotatable bonds is 7. The molecule has 15 rings (SSSR count). The topological polar surface area (TPSA) is 48.5 Å². The third kappa shape index (κ3) is 4.98. The fraction of sp³-hybridized carbons (Fsp3) is 0.164. The minimum atomic E-state index is -0.0683. The number of fused-ring (bicyclic) bond motifs is 7. The summed E-state index contributed by atoms with van der Waals surface area (Å²) in [4.78, 5) is 17.4. The summed E-state index contributed by atoms with van der Waals surface area (Å²) in [6, 6.07) is 70.5. The van der Waals surface area contributed by atoms with E-state index in [1.165, 1.54) is 53.6 Å². The van der Waals surface area contributed by atoms with Gasteiger partial charge >= 0.3 is 0 Å². The maximum atomic E-state index is 5.82. The van der Waals surface area contributed by atoms with E-state index in [9.17, 15) is 0 Å². The molecule has 2 unspecified atom stereocenters. The smallest absolute Gasteiger partial charge is 0.165 e. The molecule has 11 aromatic rings. The van der Waals surface area contributed by atoms with Crippen molar-refractivity contribution in [1.82, 2.24) is 24.1 Å². The predicted molar refractivity (Wildman–Crippen MR) is 268 cm³/mol. The normalized spacial score (nSPS) is 22.5. The van der Waals surface area contributed by atoms with Crippen molar-refractivity contribution in [3.8, 4) is 56.4 Å². The SMILES string of the molecule is c1ccc(-c2ccc(-n3c4ccccc4c4ccccc43)c(-c3nc(-c4cc(-c5ccccc5)ccc4-n4c5ccccc5c5ccccc54)nc(C45CC6CC7CC(C4)C76C5)n3)c2)cc1. The van der Waals surface area contributed by atoms with E-state index in [1.807, 2.05) is 0 Å². The van der Waals surface area contributed by atoms with Gasteiger partial charge in [-0.05, 0) is 126 Å². The molecule has 8 aromatic carbocycles. The van der Waals surface area contributed by atoms with Crippen molar-refractivity contribution in [3.05, 3.63) is 200 Å². The largest absolute Gasteiger partial charge is 0.309 e. The second-order valence-corrected chi connectivity index (χ2v) is 19.8. The van der Waals surface area contributed by atoms with Gasteiger partial charge in [0.25, 0.3) is 0 Å². The van der Waals surface area contributed by atoms with E-state index in [2.05, 4.69) is 203 Å². The van der Waals surface area contributed by atoms with E-state index in [-0.39, 0.29) is 5.41 Å². The molecule has 0 amide bonds. The highest BCUT2D eigenvalue weighted by atomic mass is 15.1. The van der Waals surface area contributed by atoms with Gasteiger partial charge in [0.1, 0.15) is 5.82 Å². The van der Waals surface area contributed by atoms with Crippen molar-refractivity contribution in [2.24, 2.45) is 23.2 Å². The Morgan fingerprint density at radius 3 is 1.17 bits per heavy atom. The second kappa shape index (κ2) is 13.5. The molecule has 0 N–H and O–H groups in total. The van der Waals surface area contributed by atoms with Gasteiger partial charge in [-0.2, -0.15) is 0 Å². The third-order valence-corrected chi connectivity index (χ3v) is 16.8. The number of hydrogen-bond acceptors (Lipinski definition) is 3. The molecule has 314 valence electrons. The van der Waals surface area contributed by atoms with Crippen LogP contribution in [-0.2, 0) is 5.41 Å². The summed E-state index contributed by atoms with van der Waals surface area (Å²) in [5.74, 6) is 4.88. The van der Waals surface area contributed by atoms with Gasteiger partial charge in [-0.1, -0.05) is 146 Å². The molecular formula is C61H45N5. The van der Waals surface area contributed by atoms with Crippen LogP contribution in [0.25, 0.3) is 100 Å². The Morgan fingerprint density at radius 1 is 0.379 bits per heavy atom. The molecule has 4 aliphatic rings. The van der Waals surface area contributed by atoms with Crippen LogP contribution in [0.4, 0.5) is 0 Å². The number of hydrogen-bond donors (Lipinski definition) is 0. The Bertz CT molecular complexity index is 3440. The molecule has 0 radical (unpaired) electrons. The maximum absolute atomic E-state index is 5.82.